The highest BCUT2D eigenvalue weighted by molar-refractivity contribution is 5.85. The lowest BCUT2D eigenvalue weighted by atomic mass is 9.49. The molecule has 5 rings (SSSR count). The Morgan fingerprint density at radius 1 is 0.958 bits per heavy atom. The van der Waals surface area contributed by atoms with E-state index in [9.17, 15) is 9.59 Å². The van der Waals surface area contributed by atoms with Crippen molar-refractivity contribution in [2.75, 3.05) is 26.4 Å². The predicted octanol–water partition coefficient (Wildman–Crippen LogP) is 0.949. The molecule has 1 heterocycles. The van der Waals surface area contributed by atoms with Crippen LogP contribution >= 0.6 is 0 Å². The number of ether oxygens (including phenoxy) is 2. The fourth-order valence-corrected chi connectivity index (χ4v) is 5.54. The third-order valence-corrected chi connectivity index (χ3v) is 6.18. The highest BCUT2D eigenvalue weighted by atomic mass is 16.6. The molecule has 4 aliphatic carbocycles. The molecule has 0 aromatic carbocycles. The van der Waals surface area contributed by atoms with Crippen LogP contribution < -0.4 is 16.2 Å². The molecule has 7 nitrogen and oxygen atoms in total. The lowest BCUT2D eigenvalue weighted by Gasteiger charge is -2.55. The maximum atomic E-state index is 12.7. The fourth-order valence-electron chi connectivity index (χ4n) is 5.54. The fraction of sp³-hybridized carbons (Fsp3) is 0.882. The van der Waals surface area contributed by atoms with E-state index in [1.807, 2.05) is 0 Å². The standard InChI is InChI=1S/C17H27N3O4/c21-15(17-6-11-3-12(7-17)5-13(4-11)8-17)19-20-16(22)18-9-14-10-23-1-2-24-14/h11-14H,1-10H2,(H,19,21)(H2,18,20,22)/t11?,12?,13?,14-,17?/m0/s1. The molecule has 24 heavy (non-hydrogen) atoms. The van der Waals surface area contributed by atoms with E-state index in [-0.39, 0.29) is 17.4 Å². The van der Waals surface area contributed by atoms with Crippen molar-refractivity contribution in [3.05, 3.63) is 0 Å². The first-order valence-electron chi connectivity index (χ1n) is 9.16. The van der Waals surface area contributed by atoms with Gasteiger partial charge in [-0.15, -0.1) is 0 Å². The molecular weight excluding hydrogens is 310 g/mol. The lowest BCUT2D eigenvalue weighted by molar-refractivity contribution is -0.147. The second kappa shape index (κ2) is 6.52. The molecule has 7 heteroatoms. The van der Waals surface area contributed by atoms with Gasteiger partial charge in [-0.2, -0.15) is 0 Å². The van der Waals surface area contributed by atoms with E-state index in [1.54, 1.807) is 0 Å². The van der Waals surface area contributed by atoms with Crippen molar-refractivity contribution in [3.63, 3.8) is 0 Å². The van der Waals surface area contributed by atoms with E-state index < -0.39 is 6.03 Å². The molecule has 1 saturated heterocycles. The summed E-state index contributed by atoms with van der Waals surface area (Å²) >= 11 is 0. The van der Waals surface area contributed by atoms with Crippen molar-refractivity contribution in [1.29, 1.82) is 0 Å². The highest BCUT2D eigenvalue weighted by Gasteiger charge is 2.54. The normalized spacial score (nSPS) is 40.2. The van der Waals surface area contributed by atoms with Crippen LogP contribution in [-0.4, -0.2) is 44.4 Å². The van der Waals surface area contributed by atoms with E-state index in [0.29, 0.717) is 44.1 Å². The van der Waals surface area contributed by atoms with Gasteiger partial charge in [-0.05, 0) is 56.3 Å². The molecule has 4 bridgehead atoms. The van der Waals surface area contributed by atoms with Gasteiger partial charge in [-0.1, -0.05) is 0 Å². The molecule has 3 amide bonds. The first-order chi connectivity index (χ1) is 11.6. The summed E-state index contributed by atoms with van der Waals surface area (Å²) in [5.74, 6) is 2.12. The summed E-state index contributed by atoms with van der Waals surface area (Å²) in [7, 11) is 0. The smallest absolute Gasteiger partial charge is 0.333 e. The quantitative estimate of drug-likeness (QED) is 0.669. The van der Waals surface area contributed by atoms with Crippen molar-refractivity contribution in [1.82, 2.24) is 16.2 Å². The van der Waals surface area contributed by atoms with Crippen LogP contribution in [-0.2, 0) is 14.3 Å². The summed E-state index contributed by atoms with van der Waals surface area (Å²) in [5, 5.41) is 2.71. The molecule has 3 N–H and O–H groups in total. The van der Waals surface area contributed by atoms with Crippen molar-refractivity contribution >= 4 is 11.9 Å². The van der Waals surface area contributed by atoms with Crippen LogP contribution in [0.2, 0.25) is 0 Å². The Hall–Kier alpha value is -1.34. The second-order valence-corrected chi connectivity index (χ2v) is 8.05. The molecule has 5 fully saturated rings. The number of carbonyl (C=O) groups excluding carboxylic acids is 2. The molecule has 4 saturated carbocycles. The molecule has 0 radical (unpaired) electrons. The van der Waals surface area contributed by atoms with Gasteiger partial charge in [-0.3, -0.25) is 10.2 Å². The summed E-state index contributed by atoms with van der Waals surface area (Å²) in [6.07, 6.45) is 6.73. The van der Waals surface area contributed by atoms with E-state index in [4.69, 9.17) is 9.47 Å². The number of hydrazine groups is 1. The molecule has 0 aromatic heterocycles. The van der Waals surface area contributed by atoms with Crippen LogP contribution in [0.5, 0.6) is 0 Å². The molecular formula is C17H27N3O4. The van der Waals surface area contributed by atoms with Crippen LogP contribution in [0, 0.1) is 23.2 Å². The number of rotatable bonds is 3. The zero-order chi connectivity index (χ0) is 16.6. The Morgan fingerprint density at radius 2 is 1.62 bits per heavy atom. The number of carbonyl (C=O) groups is 2. The van der Waals surface area contributed by atoms with E-state index in [2.05, 4.69) is 16.2 Å². The van der Waals surface area contributed by atoms with Gasteiger partial charge in [0.25, 0.3) is 0 Å². The van der Waals surface area contributed by atoms with E-state index in [0.717, 1.165) is 19.3 Å². The third kappa shape index (κ3) is 3.24. The zero-order valence-electron chi connectivity index (χ0n) is 14.0. The predicted molar refractivity (Wildman–Crippen MR) is 85.8 cm³/mol. The van der Waals surface area contributed by atoms with Crippen LogP contribution in [0.15, 0.2) is 0 Å². The SMILES string of the molecule is O=C(NC[C@H]1COCCO1)NNC(=O)C12CC3CC(CC(C3)C1)C2. The molecule has 0 unspecified atom stereocenters. The monoisotopic (exact) mass is 337 g/mol. The molecule has 1 aliphatic heterocycles. The first-order valence-corrected chi connectivity index (χ1v) is 9.16. The van der Waals surface area contributed by atoms with Crippen LogP contribution in [0.4, 0.5) is 4.79 Å². The average molecular weight is 337 g/mol. The summed E-state index contributed by atoms with van der Waals surface area (Å²) in [6, 6.07) is -0.401. The molecule has 1 atom stereocenters. The average Bonchev–Trinajstić information content (AvgIpc) is 2.57. The highest BCUT2D eigenvalue weighted by Crippen LogP contribution is 2.59. The number of amides is 3. The third-order valence-electron chi connectivity index (χ3n) is 6.18. The Balaban J connectivity index is 1.24. The number of hydrogen-bond donors (Lipinski definition) is 3. The van der Waals surface area contributed by atoms with E-state index in [1.165, 1.54) is 19.3 Å². The number of urea groups is 1. The minimum absolute atomic E-state index is 0.00556. The van der Waals surface area contributed by atoms with Crippen LogP contribution in [0.25, 0.3) is 0 Å². The van der Waals surface area contributed by atoms with Gasteiger partial charge in [0.2, 0.25) is 5.91 Å². The number of nitrogens with one attached hydrogen (secondary N) is 3. The Kier molecular flexibility index (Phi) is 4.39. The largest absolute Gasteiger partial charge is 0.376 e. The maximum Gasteiger partial charge on any atom is 0.333 e. The first kappa shape index (κ1) is 16.1. The van der Waals surface area contributed by atoms with Gasteiger partial charge >= 0.3 is 6.03 Å². The zero-order valence-corrected chi connectivity index (χ0v) is 14.0. The lowest BCUT2D eigenvalue weighted by Crippen LogP contribution is -2.58. The molecule has 134 valence electrons. The van der Waals surface area contributed by atoms with Gasteiger partial charge < -0.3 is 14.8 Å². The van der Waals surface area contributed by atoms with Crippen molar-refractivity contribution in [2.45, 2.75) is 44.6 Å². The Labute approximate surface area is 142 Å². The summed E-state index contributed by atoms with van der Waals surface area (Å²) in [4.78, 5) is 24.6. The van der Waals surface area contributed by atoms with Gasteiger partial charge in [0.15, 0.2) is 0 Å². The van der Waals surface area contributed by atoms with Gasteiger partial charge in [0.1, 0.15) is 0 Å². The summed E-state index contributed by atoms with van der Waals surface area (Å²) in [6.45, 7) is 2.01. The van der Waals surface area contributed by atoms with Crippen LogP contribution in [0.3, 0.4) is 0 Å². The minimum Gasteiger partial charge on any atom is -0.376 e. The minimum atomic E-state index is -0.401. The second-order valence-electron chi connectivity index (χ2n) is 8.05. The van der Waals surface area contributed by atoms with Gasteiger partial charge in [-0.25, -0.2) is 10.2 Å². The van der Waals surface area contributed by atoms with Crippen molar-refractivity contribution in [2.24, 2.45) is 23.2 Å². The summed E-state index contributed by atoms with van der Waals surface area (Å²) in [5.41, 5.74) is 4.91. The molecule has 0 spiro atoms. The maximum absolute atomic E-state index is 12.7. The molecule has 0 aromatic rings. The Morgan fingerprint density at radius 3 is 2.21 bits per heavy atom. The molecule has 5 aliphatic rings. The topological polar surface area (TPSA) is 88.7 Å². The number of hydrogen-bond acceptors (Lipinski definition) is 4. The Bertz CT molecular complexity index is 469. The van der Waals surface area contributed by atoms with Crippen molar-refractivity contribution < 1.29 is 19.1 Å². The van der Waals surface area contributed by atoms with Crippen LogP contribution in [0.1, 0.15) is 38.5 Å². The summed E-state index contributed by atoms with van der Waals surface area (Å²) < 4.78 is 10.7. The van der Waals surface area contributed by atoms with E-state index >= 15 is 0 Å². The van der Waals surface area contributed by atoms with Gasteiger partial charge in [0, 0.05) is 6.54 Å². The van der Waals surface area contributed by atoms with Crippen molar-refractivity contribution in [3.8, 4) is 0 Å². The van der Waals surface area contributed by atoms with Gasteiger partial charge in [0.05, 0.1) is 31.3 Å².